The number of hydrogen-bond acceptors (Lipinski definition) is 4. The van der Waals surface area contributed by atoms with Gasteiger partial charge in [0.2, 0.25) is 0 Å². The van der Waals surface area contributed by atoms with E-state index in [1.165, 1.54) is 6.20 Å². The van der Waals surface area contributed by atoms with E-state index in [1.54, 1.807) is 0 Å². The fourth-order valence-electron chi connectivity index (χ4n) is 4.04. The molecule has 1 amide bonds. The lowest BCUT2D eigenvalue weighted by Gasteiger charge is -2.34. The number of hydrogen-bond donors (Lipinski definition) is 2. The number of alkyl halides is 3. The molecule has 3 atom stereocenters. The molecule has 2 aromatic rings. The second-order valence-corrected chi connectivity index (χ2v) is 7.78. The van der Waals surface area contributed by atoms with Crippen LogP contribution in [0.2, 0.25) is 0 Å². The standard InChI is InChI=1S/C21H25F3N4O2/c1-2-13-5-7-14(8-6-13)17-10-18(21(22,23)24)28-19(27-17)16(12-26-28)20(29)25-11-15-4-3-9-30-15/h5-8,12,15,17-18,27H,2-4,9-11H2,1H3,(H,25,29)/t15-,17-,18-/m0/s1. The number of benzene rings is 1. The normalized spacial score (nSPS) is 23.7. The Bertz CT molecular complexity index is 889. The van der Waals surface area contributed by atoms with E-state index in [0.717, 1.165) is 35.1 Å². The summed E-state index contributed by atoms with van der Waals surface area (Å²) in [5.41, 5.74) is 1.97. The van der Waals surface area contributed by atoms with E-state index in [-0.39, 0.29) is 23.9 Å². The first-order chi connectivity index (χ1) is 14.4. The molecule has 0 radical (unpaired) electrons. The van der Waals surface area contributed by atoms with Crippen molar-refractivity contribution >= 4 is 11.7 Å². The lowest BCUT2D eigenvalue weighted by molar-refractivity contribution is -0.173. The van der Waals surface area contributed by atoms with Gasteiger partial charge in [-0.25, -0.2) is 4.68 Å². The summed E-state index contributed by atoms with van der Waals surface area (Å²) < 4.78 is 47.7. The number of fused-ring (bicyclic) bond motifs is 1. The highest BCUT2D eigenvalue weighted by molar-refractivity contribution is 5.98. The lowest BCUT2D eigenvalue weighted by atomic mass is 9.95. The van der Waals surface area contributed by atoms with E-state index in [4.69, 9.17) is 4.74 Å². The highest BCUT2D eigenvalue weighted by Crippen LogP contribution is 2.44. The van der Waals surface area contributed by atoms with Crippen LogP contribution in [0.1, 0.15) is 59.8 Å². The molecular formula is C21H25F3N4O2. The van der Waals surface area contributed by atoms with Gasteiger partial charge in [-0.15, -0.1) is 0 Å². The van der Waals surface area contributed by atoms with Crippen LogP contribution < -0.4 is 10.6 Å². The number of nitrogens with one attached hydrogen (secondary N) is 2. The van der Waals surface area contributed by atoms with Crippen LogP contribution in [0.4, 0.5) is 19.0 Å². The van der Waals surface area contributed by atoms with E-state index in [2.05, 4.69) is 15.7 Å². The van der Waals surface area contributed by atoms with Gasteiger partial charge in [-0.3, -0.25) is 4.79 Å². The monoisotopic (exact) mass is 422 g/mol. The third-order valence-electron chi connectivity index (χ3n) is 5.79. The molecule has 0 saturated carbocycles. The van der Waals surface area contributed by atoms with Crippen LogP contribution >= 0.6 is 0 Å². The number of rotatable bonds is 5. The minimum absolute atomic E-state index is 0.0546. The number of carbonyl (C=O) groups is 1. The molecule has 6 nitrogen and oxygen atoms in total. The first kappa shape index (κ1) is 20.7. The van der Waals surface area contributed by atoms with Gasteiger partial charge < -0.3 is 15.4 Å². The van der Waals surface area contributed by atoms with Crippen LogP contribution in [0.15, 0.2) is 30.5 Å². The second-order valence-electron chi connectivity index (χ2n) is 7.78. The number of ether oxygens (including phenoxy) is 1. The van der Waals surface area contributed by atoms with Crippen molar-refractivity contribution < 1.29 is 22.7 Å². The number of amides is 1. The summed E-state index contributed by atoms with van der Waals surface area (Å²) in [7, 11) is 0. The predicted octanol–water partition coefficient (Wildman–Crippen LogP) is 4.01. The molecule has 2 aliphatic heterocycles. The maximum Gasteiger partial charge on any atom is 0.410 e. The van der Waals surface area contributed by atoms with Crippen molar-refractivity contribution in [2.45, 2.75) is 57.0 Å². The summed E-state index contributed by atoms with van der Waals surface area (Å²) in [5, 5.41) is 9.78. The topological polar surface area (TPSA) is 68.2 Å². The molecule has 1 saturated heterocycles. The largest absolute Gasteiger partial charge is 0.410 e. The quantitative estimate of drug-likeness (QED) is 0.764. The van der Waals surface area contributed by atoms with Crippen molar-refractivity contribution in [1.82, 2.24) is 15.1 Å². The van der Waals surface area contributed by atoms with Gasteiger partial charge in [-0.2, -0.15) is 18.3 Å². The molecule has 0 unspecified atom stereocenters. The highest BCUT2D eigenvalue weighted by atomic mass is 19.4. The van der Waals surface area contributed by atoms with Crippen LogP contribution in [-0.4, -0.2) is 41.1 Å². The molecule has 1 aromatic carbocycles. The third kappa shape index (κ3) is 4.16. The van der Waals surface area contributed by atoms with Crippen LogP contribution in [0.5, 0.6) is 0 Å². The summed E-state index contributed by atoms with van der Waals surface area (Å²) in [4.78, 5) is 12.7. The average molecular weight is 422 g/mol. The number of aromatic nitrogens is 2. The minimum atomic E-state index is -4.48. The average Bonchev–Trinajstić information content (AvgIpc) is 3.40. The Labute approximate surface area is 172 Å². The van der Waals surface area contributed by atoms with Crippen LogP contribution in [0.3, 0.4) is 0 Å². The fourth-order valence-corrected chi connectivity index (χ4v) is 4.04. The maximum absolute atomic E-state index is 13.8. The molecule has 2 N–H and O–H groups in total. The van der Waals surface area contributed by atoms with Gasteiger partial charge in [0, 0.05) is 19.6 Å². The van der Waals surface area contributed by atoms with Crippen LogP contribution in [0.25, 0.3) is 0 Å². The Kier molecular flexibility index (Phi) is 5.73. The van der Waals surface area contributed by atoms with Crippen molar-refractivity contribution in [3.05, 3.63) is 47.2 Å². The molecule has 0 aliphatic carbocycles. The summed E-state index contributed by atoms with van der Waals surface area (Å²) in [6, 6.07) is 5.14. The smallest absolute Gasteiger partial charge is 0.376 e. The van der Waals surface area contributed by atoms with E-state index in [9.17, 15) is 18.0 Å². The molecule has 162 valence electrons. The molecule has 1 fully saturated rings. The third-order valence-corrected chi connectivity index (χ3v) is 5.79. The molecule has 0 bridgehead atoms. The van der Waals surface area contributed by atoms with E-state index >= 15 is 0 Å². The molecule has 3 heterocycles. The number of anilines is 1. The zero-order valence-corrected chi connectivity index (χ0v) is 16.7. The van der Waals surface area contributed by atoms with E-state index in [0.29, 0.717) is 13.2 Å². The fraction of sp³-hybridized carbons (Fsp3) is 0.524. The van der Waals surface area contributed by atoms with Gasteiger partial charge in [0.15, 0.2) is 6.04 Å². The SMILES string of the molecule is CCc1ccc([C@@H]2C[C@@H](C(F)(F)F)n3ncc(C(=O)NC[C@@H]4CCCO4)c3N2)cc1. The van der Waals surface area contributed by atoms with Crippen molar-refractivity contribution in [2.75, 3.05) is 18.5 Å². The molecule has 30 heavy (non-hydrogen) atoms. The number of nitrogens with zero attached hydrogens (tertiary/aromatic N) is 2. The minimum Gasteiger partial charge on any atom is -0.376 e. The number of aryl methyl sites for hydroxylation is 1. The van der Waals surface area contributed by atoms with Gasteiger partial charge in [0.1, 0.15) is 11.4 Å². The van der Waals surface area contributed by atoms with Gasteiger partial charge in [-0.1, -0.05) is 31.2 Å². The van der Waals surface area contributed by atoms with Crippen molar-refractivity contribution in [2.24, 2.45) is 0 Å². The first-order valence-electron chi connectivity index (χ1n) is 10.3. The van der Waals surface area contributed by atoms with Gasteiger partial charge >= 0.3 is 6.18 Å². The van der Waals surface area contributed by atoms with Gasteiger partial charge in [0.25, 0.3) is 5.91 Å². The molecule has 0 spiro atoms. The molecular weight excluding hydrogens is 397 g/mol. The second kappa shape index (κ2) is 8.29. The summed E-state index contributed by atoms with van der Waals surface area (Å²) in [6.07, 6.45) is -0.870. The van der Waals surface area contributed by atoms with Gasteiger partial charge in [0.05, 0.1) is 18.3 Å². The van der Waals surface area contributed by atoms with Gasteiger partial charge in [-0.05, 0) is 30.4 Å². The lowest BCUT2D eigenvalue weighted by Crippen LogP contribution is -2.37. The first-order valence-corrected chi connectivity index (χ1v) is 10.3. The Morgan fingerprint density at radius 1 is 1.33 bits per heavy atom. The Hall–Kier alpha value is -2.55. The van der Waals surface area contributed by atoms with Crippen molar-refractivity contribution in [3.8, 4) is 0 Å². The molecule has 2 aliphatic rings. The Morgan fingerprint density at radius 3 is 2.73 bits per heavy atom. The highest BCUT2D eigenvalue weighted by Gasteiger charge is 2.47. The summed E-state index contributed by atoms with van der Waals surface area (Å²) in [5.74, 6) is -0.361. The Morgan fingerprint density at radius 2 is 2.10 bits per heavy atom. The molecule has 1 aromatic heterocycles. The number of halogens is 3. The van der Waals surface area contributed by atoms with Crippen LogP contribution in [0, 0.1) is 0 Å². The van der Waals surface area contributed by atoms with E-state index in [1.807, 2.05) is 31.2 Å². The predicted molar refractivity (Wildman–Crippen MR) is 105 cm³/mol. The molecule has 9 heteroatoms. The zero-order chi connectivity index (χ0) is 21.3. The zero-order valence-electron chi connectivity index (χ0n) is 16.7. The Balaban J connectivity index is 1.59. The summed E-state index contributed by atoms with van der Waals surface area (Å²) >= 11 is 0. The molecule has 4 rings (SSSR count). The van der Waals surface area contributed by atoms with Crippen molar-refractivity contribution in [1.29, 1.82) is 0 Å². The van der Waals surface area contributed by atoms with Crippen LogP contribution in [-0.2, 0) is 11.2 Å². The van der Waals surface area contributed by atoms with Crippen molar-refractivity contribution in [3.63, 3.8) is 0 Å². The van der Waals surface area contributed by atoms with E-state index < -0.39 is 24.2 Å². The maximum atomic E-state index is 13.8. The number of carbonyl (C=O) groups excluding carboxylic acids is 1. The summed E-state index contributed by atoms with van der Waals surface area (Å²) in [6.45, 7) is 3.01.